The number of benzene rings is 1. The Hall–Kier alpha value is -2.67. The predicted octanol–water partition coefficient (Wildman–Crippen LogP) is 2.95. The van der Waals surface area contributed by atoms with Gasteiger partial charge >= 0.3 is 0 Å². The number of carbonyl (C=O) groups excluding carboxylic acids is 1. The van der Waals surface area contributed by atoms with Gasteiger partial charge in [-0.2, -0.15) is 0 Å². The normalized spacial score (nSPS) is 15.0. The van der Waals surface area contributed by atoms with Gasteiger partial charge in [0.1, 0.15) is 11.3 Å². The number of fused-ring (bicyclic) bond motifs is 1. The highest BCUT2D eigenvalue weighted by Gasteiger charge is 2.34. The number of amides is 1. The van der Waals surface area contributed by atoms with Crippen molar-refractivity contribution in [1.82, 2.24) is 14.7 Å². The first-order valence-electron chi connectivity index (χ1n) is 8.49. The summed E-state index contributed by atoms with van der Waals surface area (Å²) in [6.07, 6.45) is 5.23. The Morgan fingerprint density at radius 3 is 2.73 bits per heavy atom. The molecule has 1 aliphatic carbocycles. The fourth-order valence-electron chi connectivity index (χ4n) is 3.08. The quantitative estimate of drug-likeness (QED) is 0.750. The average molecular weight is 369 g/mol. The monoisotopic (exact) mass is 369 g/mol. The molecule has 0 unspecified atom stereocenters. The number of aryl methyl sites for hydroxylation is 1. The van der Waals surface area contributed by atoms with Crippen LogP contribution in [0.15, 0.2) is 41.5 Å². The summed E-state index contributed by atoms with van der Waals surface area (Å²) in [7, 11) is 1.62. The largest absolute Gasteiger partial charge is 0.497 e. The van der Waals surface area contributed by atoms with Crippen LogP contribution in [-0.4, -0.2) is 22.4 Å². The maximum atomic E-state index is 12.8. The molecule has 2 heterocycles. The van der Waals surface area contributed by atoms with Gasteiger partial charge in [-0.25, -0.2) is 4.98 Å². The number of hydrogen-bond acceptors (Lipinski definition) is 5. The minimum Gasteiger partial charge on any atom is -0.497 e. The molecule has 1 fully saturated rings. The van der Waals surface area contributed by atoms with Crippen molar-refractivity contribution in [2.75, 3.05) is 7.11 Å². The summed E-state index contributed by atoms with van der Waals surface area (Å²) in [5.41, 5.74) is 0.753. The van der Waals surface area contributed by atoms with E-state index < -0.39 is 0 Å². The molecule has 4 rings (SSSR count). The lowest BCUT2D eigenvalue weighted by molar-refractivity contribution is 0.0929. The van der Waals surface area contributed by atoms with Gasteiger partial charge in [0.05, 0.1) is 13.2 Å². The summed E-state index contributed by atoms with van der Waals surface area (Å²) >= 11 is 1.42. The standard InChI is InChI=1S/C19H19N3O3S/c1-11-10-22-18(24)15(9-20-19(22)26-11)17(23)21-16(12-3-4-12)13-5-7-14(25-2)8-6-13/h5-10,12,16H,3-4H2,1-2H3,(H,21,23)/t16-/m0/s1. The van der Waals surface area contributed by atoms with E-state index in [2.05, 4.69) is 10.3 Å². The topological polar surface area (TPSA) is 72.7 Å². The van der Waals surface area contributed by atoms with Crippen LogP contribution >= 0.6 is 11.3 Å². The van der Waals surface area contributed by atoms with Crippen LogP contribution in [0.2, 0.25) is 0 Å². The highest BCUT2D eigenvalue weighted by Crippen LogP contribution is 2.41. The number of carbonyl (C=O) groups is 1. The number of rotatable bonds is 5. The zero-order chi connectivity index (χ0) is 18.3. The van der Waals surface area contributed by atoms with Crippen molar-refractivity contribution in [3.05, 3.63) is 63.0 Å². The molecule has 7 heteroatoms. The Kier molecular flexibility index (Phi) is 4.24. The highest BCUT2D eigenvalue weighted by molar-refractivity contribution is 7.16. The van der Waals surface area contributed by atoms with Crippen molar-refractivity contribution in [3.8, 4) is 5.75 Å². The molecule has 0 bridgehead atoms. The highest BCUT2D eigenvalue weighted by atomic mass is 32.1. The first kappa shape index (κ1) is 16.8. The Morgan fingerprint density at radius 2 is 2.08 bits per heavy atom. The lowest BCUT2D eigenvalue weighted by Crippen LogP contribution is -2.34. The maximum absolute atomic E-state index is 12.8. The van der Waals surface area contributed by atoms with E-state index in [0.29, 0.717) is 10.9 Å². The zero-order valence-corrected chi connectivity index (χ0v) is 15.4. The molecule has 1 saturated carbocycles. The van der Waals surface area contributed by atoms with Crippen molar-refractivity contribution in [1.29, 1.82) is 0 Å². The van der Waals surface area contributed by atoms with Gasteiger partial charge in [-0.1, -0.05) is 12.1 Å². The minimum atomic E-state index is -0.381. The molecule has 26 heavy (non-hydrogen) atoms. The summed E-state index contributed by atoms with van der Waals surface area (Å²) in [6.45, 7) is 1.91. The smallest absolute Gasteiger partial charge is 0.271 e. The van der Waals surface area contributed by atoms with Crippen LogP contribution in [0.4, 0.5) is 0 Å². The second kappa shape index (κ2) is 6.57. The van der Waals surface area contributed by atoms with E-state index >= 15 is 0 Å². The van der Waals surface area contributed by atoms with Crippen molar-refractivity contribution in [2.45, 2.75) is 25.8 Å². The molecule has 6 nitrogen and oxygen atoms in total. The molecule has 1 amide bonds. The van der Waals surface area contributed by atoms with Crippen LogP contribution in [0.1, 0.15) is 39.7 Å². The van der Waals surface area contributed by atoms with Gasteiger partial charge in [0.25, 0.3) is 11.5 Å². The number of thiazole rings is 1. The van der Waals surface area contributed by atoms with Crippen LogP contribution in [0, 0.1) is 12.8 Å². The molecule has 0 radical (unpaired) electrons. The second-order valence-electron chi connectivity index (χ2n) is 6.53. The first-order valence-corrected chi connectivity index (χ1v) is 9.31. The van der Waals surface area contributed by atoms with E-state index in [9.17, 15) is 9.59 Å². The molecule has 134 valence electrons. The fraction of sp³-hybridized carbons (Fsp3) is 0.316. The summed E-state index contributed by atoms with van der Waals surface area (Å²) in [5, 5.41) is 3.03. The van der Waals surface area contributed by atoms with E-state index in [0.717, 1.165) is 29.0 Å². The molecule has 1 atom stereocenters. The molecular weight excluding hydrogens is 350 g/mol. The van der Waals surface area contributed by atoms with E-state index in [-0.39, 0.29) is 23.1 Å². The van der Waals surface area contributed by atoms with Crippen molar-refractivity contribution in [3.63, 3.8) is 0 Å². The second-order valence-corrected chi connectivity index (χ2v) is 7.75. The molecule has 3 aromatic rings. The summed E-state index contributed by atoms with van der Waals surface area (Å²) < 4.78 is 6.63. The molecule has 1 N–H and O–H groups in total. The van der Waals surface area contributed by atoms with Gasteiger partial charge in [0, 0.05) is 17.3 Å². The third-order valence-electron chi connectivity index (χ3n) is 4.62. The number of nitrogens with one attached hydrogen (secondary N) is 1. The number of aromatic nitrogens is 2. The van der Waals surface area contributed by atoms with Gasteiger partial charge in [0.2, 0.25) is 0 Å². The summed E-state index contributed by atoms with van der Waals surface area (Å²) in [6, 6.07) is 7.57. The predicted molar refractivity (Wildman–Crippen MR) is 100 cm³/mol. The average Bonchev–Trinajstić information content (AvgIpc) is 3.41. The summed E-state index contributed by atoms with van der Waals surface area (Å²) in [4.78, 5) is 31.2. The Labute approximate surface area is 154 Å². The van der Waals surface area contributed by atoms with Crippen molar-refractivity contribution in [2.24, 2.45) is 5.92 Å². The number of methoxy groups -OCH3 is 1. The van der Waals surface area contributed by atoms with Crippen molar-refractivity contribution >= 4 is 22.2 Å². The third-order valence-corrected chi connectivity index (χ3v) is 5.53. The van der Waals surface area contributed by atoms with E-state index in [1.54, 1.807) is 13.3 Å². The molecule has 0 spiro atoms. The zero-order valence-electron chi connectivity index (χ0n) is 14.6. The lowest BCUT2D eigenvalue weighted by Gasteiger charge is -2.19. The molecule has 0 saturated heterocycles. The Bertz CT molecular complexity index is 1020. The Morgan fingerprint density at radius 1 is 1.35 bits per heavy atom. The Balaban J connectivity index is 1.62. The molecular formula is C19H19N3O3S. The summed E-state index contributed by atoms with van der Waals surface area (Å²) in [5.74, 6) is 0.791. The SMILES string of the molecule is COc1ccc([C@@H](NC(=O)c2cnc3sc(C)cn3c2=O)C2CC2)cc1. The molecule has 1 aromatic carbocycles. The van der Waals surface area contributed by atoms with Crippen LogP contribution in [0.5, 0.6) is 5.75 Å². The van der Waals surface area contributed by atoms with Crippen molar-refractivity contribution < 1.29 is 9.53 Å². The van der Waals surface area contributed by atoms with Gasteiger partial charge in [0.15, 0.2) is 4.96 Å². The first-order chi connectivity index (χ1) is 12.6. The number of hydrogen-bond donors (Lipinski definition) is 1. The fourth-order valence-corrected chi connectivity index (χ4v) is 3.87. The van der Waals surface area contributed by atoms with E-state index in [1.165, 1.54) is 21.9 Å². The molecule has 2 aromatic heterocycles. The van der Waals surface area contributed by atoms with E-state index in [4.69, 9.17) is 4.74 Å². The van der Waals surface area contributed by atoms with Gasteiger partial charge < -0.3 is 10.1 Å². The van der Waals surface area contributed by atoms with Crippen LogP contribution < -0.4 is 15.6 Å². The number of ether oxygens (including phenoxy) is 1. The van der Waals surface area contributed by atoms with Crippen LogP contribution in [-0.2, 0) is 0 Å². The van der Waals surface area contributed by atoms with Crippen LogP contribution in [0.3, 0.4) is 0 Å². The lowest BCUT2D eigenvalue weighted by atomic mass is 10.0. The van der Waals surface area contributed by atoms with Gasteiger partial charge in [-0.15, -0.1) is 11.3 Å². The van der Waals surface area contributed by atoms with Gasteiger partial charge in [-0.3, -0.25) is 14.0 Å². The third kappa shape index (κ3) is 3.10. The molecule has 0 aliphatic heterocycles. The number of nitrogens with zero attached hydrogens (tertiary/aromatic N) is 2. The molecule has 1 aliphatic rings. The van der Waals surface area contributed by atoms with E-state index in [1.807, 2.05) is 31.2 Å². The maximum Gasteiger partial charge on any atom is 0.271 e. The van der Waals surface area contributed by atoms with Crippen LogP contribution in [0.25, 0.3) is 4.96 Å². The van der Waals surface area contributed by atoms with Gasteiger partial charge in [-0.05, 0) is 43.4 Å². The minimum absolute atomic E-state index is 0.0689.